The maximum atomic E-state index is 11.2. The summed E-state index contributed by atoms with van der Waals surface area (Å²) in [5.41, 5.74) is 1.81. The Kier molecular flexibility index (Phi) is 2.99. The predicted molar refractivity (Wildman–Crippen MR) is 58.8 cm³/mol. The van der Waals surface area contributed by atoms with Crippen molar-refractivity contribution >= 4 is 5.97 Å². The quantitative estimate of drug-likeness (QED) is 0.763. The summed E-state index contributed by atoms with van der Waals surface area (Å²) in [5.74, 6) is 1.17. The summed E-state index contributed by atoms with van der Waals surface area (Å²) < 4.78 is 15.0. The second kappa shape index (κ2) is 4.45. The van der Waals surface area contributed by atoms with E-state index in [1.165, 1.54) is 7.11 Å². The summed E-state index contributed by atoms with van der Waals surface area (Å²) >= 11 is 0. The first-order valence-corrected chi connectivity index (χ1v) is 5.20. The first-order chi connectivity index (χ1) is 8.11. The van der Waals surface area contributed by atoms with Gasteiger partial charge in [0.25, 0.3) is 0 Å². The molecule has 0 radical (unpaired) electrons. The lowest BCUT2D eigenvalue weighted by molar-refractivity contribution is 0.0563. The molecule has 2 aromatic rings. The van der Waals surface area contributed by atoms with Gasteiger partial charge < -0.3 is 13.7 Å². The largest absolute Gasteiger partial charge is 0.463 e. The number of rotatable bonds is 3. The lowest BCUT2D eigenvalue weighted by Crippen LogP contribution is -1.98. The number of furan rings is 1. The maximum absolute atomic E-state index is 11.2. The second-order valence-corrected chi connectivity index (χ2v) is 3.74. The van der Waals surface area contributed by atoms with Crippen LogP contribution >= 0.6 is 0 Å². The predicted octanol–water partition coefficient (Wildman–Crippen LogP) is 2.26. The van der Waals surface area contributed by atoms with Crippen molar-refractivity contribution in [3.05, 3.63) is 40.7 Å². The van der Waals surface area contributed by atoms with Crippen LogP contribution in [0.1, 0.15) is 33.3 Å². The molecule has 90 valence electrons. The third-order valence-corrected chi connectivity index (χ3v) is 2.58. The van der Waals surface area contributed by atoms with Crippen LogP contribution in [0.3, 0.4) is 0 Å². The molecular weight excluding hydrogens is 222 g/mol. The van der Waals surface area contributed by atoms with Crippen LogP contribution < -0.4 is 0 Å². The van der Waals surface area contributed by atoms with Crippen molar-refractivity contribution in [2.75, 3.05) is 7.11 Å². The number of carbonyl (C=O) groups is 1. The number of hydrogen-bond donors (Lipinski definition) is 0. The smallest absolute Gasteiger partial charge is 0.373 e. The Labute approximate surface area is 98.3 Å². The number of ether oxygens (including phenoxy) is 1. The topological polar surface area (TPSA) is 65.5 Å². The maximum Gasteiger partial charge on any atom is 0.373 e. The molecule has 0 amide bonds. The van der Waals surface area contributed by atoms with Gasteiger partial charge >= 0.3 is 5.97 Å². The number of hydrogen-bond acceptors (Lipinski definition) is 5. The van der Waals surface area contributed by atoms with Crippen LogP contribution in [0.5, 0.6) is 0 Å². The van der Waals surface area contributed by atoms with Crippen LogP contribution in [-0.2, 0) is 11.2 Å². The average Bonchev–Trinajstić information content (AvgIpc) is 2.90. The van der Waals surface area contributed by atoms with Gasteiger partial charge in [0, 0.05) is 12.0 Å². The van der Waals surface area contributed by atoms with Crippen molar-refractivity contribution in [2.45, 2.75) is 20.3 Å². The minimum Gasteiger partial charge on any atom is -0.463 e. The van der Waals surface area contributed by atoms with Gasteiger partial charge in [-0.25, -0.2) is 4.79 Å². The standard InChI is InChI=1S/C12H13NO4/c1-7-10(8(2)17-13-7)6-9-4-5-11(16-9)12(14)15-3/h4-5H,6H2,1-3H3. The fraction of sp³-hybridized carbons (Fsp3) is 0.333. The summed E-state index contributed by atoms with van der Waals surface area (Å²) in [6.45, 7) is 3.72. The van der Waals surface area contributed by atoms with Crippen molar-refractivity contribution in [1.82, 2.24) is 5.16 Å². The van der Waals surface area contributed by atoms with E-state index in [1.54, 1.807) is 12.1 Å². The molecule has 5 nitrogen and oxygen atoms in total. The van der Waals surface area contributed by atoms with E-state index in [1.807, 2.05) is 13.8 Å². The van der Waals surface area contributed by atoms with Gasteiger partial charge in [-0.1, -0.05) is 5.16 Å². The van der Waals surface area contributed by atoms with E-state index in [0.29, 0.717) is 12.2 Å². The van der Waals surface area contributed by atoms with E-state index in [2.05, 4.69) is 9.89 Å². The highest BCUT2D eigenvalue weighted by Gasteiger charge is 2.15. The number of aryl methyl sites for hydroxylation is 2. The van der Waals surface area contributed by atoms with Gasteiger partial charge in [0.1, 0.15) is 11.5 Å². The molecule has 0 N–H and O–H groups in total. The fourth-order valence-electron chi connectivity index (χ4n) is 1.61. The molecule has 0 fully saturated rings. The lowest BCUT2D eigenvalue weighted by atomic mass is 10.1. The highest BCUT2D eigenvalue weighted by Crippen LogP contribution is 2.19. The molecule has 2 aromatic heterocycles. The highest BCUT2D eigenvalue weighted by atomic mass is 16.5. The first kappa shape index (κ1) is 11.4. The van der Waals surface area contributed by atoms with Crippen LogP contribution in [-0.4, -0.2) is 18.2 Å². The zero-order chi connectivity index (χ0) is 12.4. The van der Waals surface area contributed by atoms with E-state index in [-0.39, 0.29) is 5.76 Å². The summed E-state index contributed by atoms with van der Waals surface area (Å²) in [4.78, 5) is 11.2. The fourth-order valence-corrected chi connectivity index (χ4v) is 1.61. The first-order valence-electron chi connectivity index (χ1n) is 5.20. The Morgan fingerprint density at radius 2 is 2.18 bits per heavy atom. The SMILES string of the molecule is COC(=O)c1ccc(Cc2c(C)noc2C)o1. The molecule has 0 saturated heterocycles. The van der Waals surface area contributed by atoms with Crippen LogP contribution in [0, 0.1) is 13.8 Å². The van der Waals surface area contributed by atoms with Crippen molar-refractivity contribution in [3.63, 3.8) is 0 Å². The molecular formula is C12H13NO4. The molecule has 5 heteroatoms. The van der Waals surface area contributed by atoms with Crippen molar-refractivity contribution in [3.8, 4) is 0 Å². The molecule has 0 aromatic carbocycles. The van der Waals surface area contributed by atoms with Crippen molar-refractivity contribution in [1.29, 1.82) is 0 Å². The summed E-state index contributed by atoms with van der Waals surface area (Å²) in [6, 6.07) is 3.34. The Hall–Kier alpha value is -2.04. The normalized spacial score (nSPS) is 10.5. The molecule has 0 atom stereocenters. The molecule has 0 aliphatic carbocycles. The van der Waals surface area contributed by atoms with Crippen molar-refractivity contribution < 1.29 is 18.5 Å². The lowest BCUT2D eigenvalue weighted by Gasteiger charge is -1.96. The summed E-state index contributed by atoms with van der Waals surface area (Å²) in [5, 5.41) is 3.86. The molecule has 2 rings (SSSR count). The van der Waals surface area contributed by atoms with Gasteiger partial charge in [0.2, 0.25) is 5.76 Å². The van der Waals surface area contributed by atoms with Crippen LogP contribution in [0.15, 0.2) is 21.1 Å². The van der Waals surface area contributed by atoms with E-state index in [9.17, 15) is 4.79 Å². The van der Waals surface area contributed by atoms with Gasteiger partial charge in [-0.15, -0.1) is 0 Å². The summed E-state index contributed by atoms with van der Waals surface area (Å²) in [6.07, 6.45) is 0.554. The van der Waals surface area contributed by atoms with Gasteiger partial charge in [0.05, 0.1) is 12.8 Å². The Morgan fingerprint density at radius 3 is 2.76 bits per heavy atom. The number of aromatic nitrogens is 1. The van der Waals surface area contributed by atoms with E-state index in [0.717, 1.165) is 17.0 Å². The third kappa shape index (κ3) is 2.22. The molecule has 0 aliphatic rings. The minimum absolute atomic E-state index is 0.203. The number of methoxy groups -OCH3 is 1. The molecule has 0 saturated carbocycles. The molecule has 17 heavy (non-hydrogen) atoms. The van der Waals surface area contributed by atoms with Gasteiger partial charge in [-0.3, -0.25) is 0 Å². The molecule has 0 bridgehead atoms. The third-order valence-electron chi connectivity index (χ3n) is 2.58. The van der Waals surface area contributed by atoms with Crippen LogP contribution in [0.2, 0.25) is 0 Å². The van der Waals surface area contributed by atoms with Crippen LogP contribution in [0.25, 0.3) is 0 Å². The van der Waals surface area contributed by atoms with Crippen molar-refractivity contribution in [2.24, 2.45) is 0 Å². The summed E-state index contributed by atoms with van der Waals surface area (Å²) in [7, 11) is 1.32. The Balaban J connectivity index is 2.20. The Morgan fingerprint density at radius 1 is 1.41 bits per heavy atom. The van der Waals surface area contributed by atoms with E-state index < -0.39 is 5.97 Å². The molecule has 0 unspecified atom stereocenters. The molecule has 0 spiro atoms. The molecule has 2 heterocycles. The number of carbonyl (C=O) groups excluding carboxylic acids is 1. The van der Waals surface area contributed by atoms with Crippen LogP contribution in [0.4, 0.5) is 0 Å². The zero-order valence-corrected chi connectivity index (χ0v) is 9.94. The monoisotopic (exact) mass is 235 g/mol. The Bertz CT molecular complexity index is 519. The second-order valence-electron chi connectivity index (χ2n) is 3.74. The minimum atomic E-state index is -0.477. The zero-order valence-electron chi connectivity index (χ0n) is 9.94. The van der Waals surface area contributed by atoms with E-state index in [4.69, 9.17) is 8.94 Å². The highest BCUT2D eigenvalue weighted by molar-refractivity contribution is 5.86. The number of esters is 1. The number of nitrogens with zero attached hydrogens (tertiary/aromatic N) is 1. The van der Waals surface area contributed by atoms with Gasteiger partial charge in [0.15, 0.2) is 0 Å². The average molecular weight is 235 g/mol. The molecule has 0 aliphatic heterocycles. The van der Waals surface area contributed by atoms with E-state index >= 15 is 0 Å². The van der Waals surface area contributed by atoms with Gasteiger partial charge in [-0.2, -0.15) is 0 Å². The van der Waals surface area contributed by atoms with Gasteiger partial charge in [-0.05, 0) is 26.0 Å².